The SMILES string of the molecule is CCNC(C)c1ccc(Oc2cccc(C#N)c2)cn1. The molecular formula is C16H17N3O. The summed E-state index contributed by atoms with van der Waals surface area (Å²) in [4.78, 5) is 4.38. The van der Waals surface area contributed by atoms with Crippen molar-refractivity contribution in [3.8, 4) is 17.6 Å². The normalized spacial score (nSPS) is 11.7. The zero-order valence-corrected chi connectivity index (χ0v) is 11.6. The highest BCUT2D eigenvalue weighted by atomic mass is 16.5. The van der Waals surface area contributed by atoms with Crippen LogP contribution < -0.4 is 10.1 Å². The second-order valence-corrected chi connectivity index (χ2v) is 4.44. The van der Waals surface area contributed by atoms with Crippen LogP contribution in [0, 0.1) is 11.3 Å². The van der Waals surface area contributed by atoms with Crippen molar-refractivity contribution in [1.82, 2.24) is 10.3 Å². The molecule has 20 heavy (non-hydrogen) atoms. The topological polar surface area (TPSA) is 57.9 Å². The molecule has 0 radical (unpaired) electrons. The van der Waals surface area contributed by atoms with Crippen molar-refractivity contribution >= 4 is 0 Å². The molecule has 1 aromatic carbocycles. The lowest BCUT2D eigenvalue weighted by Gasteiger charge is -2.12. The first kappa shape index (κ1) is 14.0. The fourth-order valence-electron chi connectivity index (χ4n) is 1.88. The van der Waals surface area contributed by atoms with Crippen molar-refractivity contribution in [2.75, 3.05) is 6.54 Å². The van der Waals surface area contributed by atoms with E-state index in [9.17, 15) is 0 Å². The van der Waals surface area contributed by atoms with Gasteiger partial charge in [0.15, 0.2) is 0 Å². The number of rotatable bonds is 5. The summed E-state index contributed by atoms with van der Waals surface area (Å²) in [5.41, 5.74) is 1.55. The van der Waals surface area contributed by atoms with Crippen LogP contribution in [-0.2, 0) is 0 Å². The lowest BCUT2D eigenvalue weighted by Crippen LogP contribution is -2.18. The Morgan fingerprint density at radius 1 is 1.30 bits per heavy atom. The van der Waals surface area contributed by atoms with Gasteiger partial charge in [-0.3, -0.25) is 4.98 Å². The van der Waals surface area contributed by atoms with Crippen LogP contribution in [0.15, 0.2) is 42.6 Å². The average molecular weight is 267 g/mol. The smallest absolute Gasteiger partial charge is 0.145 e. The third kappa shape index (κ3) is 3.56. The summed E-state index contributed by atoms with van der Waals surface area (Å²) >= 11 is 0. The molecule has 0 amide bonds. The Kier molecular flexibility index (Phi) is 4.70. The third-order valence-electron chi connectivity index (χ3n) is 2.91. The van der Waals surface area contributed by atoms with Crippen molar-refractivity contribution in [1.29, 1.82) is 5.26 Å². The second kappa shape index (κ2) is 6.69. The monoisotopic (exact) mass is 267 g/mol. The number of hydrogen-bond acceptors (Lipinski definition) is 4. The van der Waals surface area contributed by atoms with E-state index in [0.717, 1.165) is 12.2 Å². The van der Waals surface area contributed by atoms with Gasteiger partial charge in [-0.2, -0.15) is 5.26 Å². The summed E-state index contributed by atoms with van der Waals surface area (Å²) in [6.45, 7) is 5.04. The quantitative estimate of drug-likeness (QED) is 0.901. The lowest BCUT2D eigenvalue weighted by molar-refractivity contribution is 0.478. The molecule has 0 aliphatic heterocycles. The maximum atomic E-state index is 8.85. The Morgan fingerprint density at radius 3 is 2.80 bits per heavy atom. The molecule has 0 aliphatic rings. The van der Waals surface area contributed by atoms with Gasteiger partial charge in [0.1, 0.15) is 11.5 Å². The summed E-state index contributed by atoms with van der Waals surface area (Å²) < 4.78 is 5.68. The number of aromatic nitrogens is 1. The molecule has 1 aromatic heterocycles. The van der Waals surface area contributed by atoms with E-state index in [1.165, 1.54) is 0 Å². The highest BCUT2D eigenvalue weighted by Gasteiger charge is 2.05. The molecule has 4 heteroatoms. The minimum atomic E-state index is 0.218. The molecule has 0 saturated carbocycles. The zero-order chi connectivity index (χ0) is 14.4. The zero-order valence-electron chi connectivity index (χ0n) is 11.6. The van der Waals surface area contributed by atoms with Crippen LogP contribution in [-0.4, -0.2) is 11.5 Å². The predicted octanol–water partition coefficient (Wildman–Crippen LogP) is 3.42. The van der Waals surface area contributed by atoms with E-state index in [4.69, 9.17) is 10.00 Å². The average Bonchev–Trinajstić information content (AvgIpc) is 2.48. The Balaban J connectivity index is 2.09. The molecule has 1 heterocycles. The van der Waals surface area contributed by atoms with E-state index in [0.29, 0.717) is 17.1 Å². The fraction of sp³-hybridized carbons (Fsp3) is 0.250. The van der Waals surface area contributed by atoms with Crippen molar-refractivity contribution in [3.63, 3.8) is 0 Å². The van der Waals surface area contributed by atoms with Gasteiger partial charge in [0.2, 0.25) is 0 Å². The maximum absolute atomic E-state index is 8.85. The molecular weight excluding hydrogens is 250 g/mol. The number of nitrogens with zero attached hydrogens (tertiary/aromatic N) is 2. The van der Waals surface area contributed by atoms with Crippen LogP contribution in [0.3, 0.4) is 0 Å². The molecule has 1 N–H and O–H groups in total. The van der Waals surface area contributed by atoms with Gasteiger partial charge in [0, 0.05) is 6.04 Å². The van der Waals surface area contributed by atoms with E-state index in [-0.39, 0.29) is 6.04 Å². The Morgan fingerprint density at radius 2 is 2.15 bits per heavy atom. The van der Waals surface area contributed by atoms with Crippen LogP contribution in [0.1, 0.15) is 31.1 Å². The van der Waals surface area contributed by atoms with Gasteiger partial charge in [-0.15, -0.1) is 0 Å². The van der Waals surface area contributed by atoms with Gasteiger partial charge < -0.3 is 10.1 Å². The fourth-order valence-corrected chi connectivity index (χ4v) is 1.88. The van der Waals surface area contributed by atoms with E-state index < -0.39 is 0 Å². The number of benzene rings is 1. The molecule has 0 fully saturated rings. The van der Waals surface area contributed by atoms with Crippen LogP contribution in [0.25, 0.3) is 0 Å². The van der Waals surface area contributed by atoms with Crippen molar-refractivity contribution in [2.24, 2.45) is 0 Å². The number of ether oxygens (including phenoxy) is 1. The Labute approximate surface area is 119 Å². The molecule has 2 rings (SSSR count). The number of nitrogens with one attached hydrogen (secondary N) is 1. The van der Waals surface area contributed by atoms with E-state index >= 15 is 0 Å². The van der Waals surface area contributed by atoms with E-state index in [1.807, 2.05) is 18.2 Å². The summed E-state index contributed by atoms with van der Waals surface area (Å²) in [6, 6.07) is 13.2. The molecule has 1 atom stereocenters. The van der Waals surface area contributed by atoms with Gasteiger partial charge in [-0.1, -0.05) is 13.0 Å². The summed E-state index contributed by atoms with van der Waals surface area (Å²) in [6.07, 6.45) is 1.70. The van der Waals surface area contributed by atoms with Gasteiger partial charge in [-0.05, 0) is 43.8 Å². The number of hydrogen-bond donors (Lipinski definition) is 1. The number of pyridine rings is 1. The van der Waals surface area contributed by atoms with Gasteiger partial charge >= 0.3 is 0 Å². The predicted molar refractivity (Wildman–Crippen MR) is 77.6 cm³/mol. The van der Waals surface area contributed by atoms with Gasteiger partial charge in [0.05, 0.1) is 23.5 Å². The lowest BCUT2D eigenvalue weighted by atomic mass is 10.2. The van der Waals surface area contributed by atoms with Crippen molar-refractivity contribution < 1.29 is 4.74 Å². The van der Waals surface area contributed by atoms with Gasteiger partial charge in [0.25, 0.3) is 0 Å². The molecule has 0 spiro atoms. The standard InChI is InChI=1S/C16H17N3O/c1-3-18-12(2)16-8-7-15(11-19-16)20-14-6-4-5-13(9-14)10-17/h4-9,11-12,18H,3H2,1-2H3. The molecule has 4 nitrogen and oxygen atoms in total. The summed E-state index contributed by atoms with van der Waals surface area (Å²) in [5, 5.41) is 12.2. The van der Waals surface area contributed by atoms with E-state index in [1.54, 1.807) is 24.4 Å². The first-order chi connectivity index (χ1) is 9.72. The maximum Gasteiger partial charge on any atom is 0.145 e. The summed E-state index contributed by atoms with van der Waals surface area (Å²) in [7, 11) is 0. The van der Waals surface area contributed by atoms with Crippen LogP contribution in [0.4, 0.5) is 0 Å². The number of nitriles is 1. The Bertz CT molecular complexity index is 602. The minimum Gasteiger partial charge on any atom is -0.456 e. The van der Waals surface area contributed by atoms with Crippen molar-refractivity contribution in [3.05, 3.63) is 53.9 Å². The van der Waals surface area contributed by atoms with Crippen LogP contribution in [0.5, 0.6) is 11.5 Å². The molecule has 0 bridgehead atoms. The first-order valence-electron chi connectivity index (χ1n) is 6.60. The van der Waals surface area contributed by atoms with Crippen molar-refractivity contribution in [2.45, 2.75) is 19.9 Å². The minimum absolute atomic E-state index is 0.218. The highest BCUT2D eigenvalue weighted by molar-refractivity contribution is 5.38. The molecule has 1 unspecified atom stereocenters. The van der Waals surface area contributed by atoms with Crippen LogP contribution in [0.2, 0.25) is 0 Å². The molecule has 0 saturated heterocycles. The molecule has 102 valence electrons. The van der Waals surface area contributed by atoms with E-state index in [2.05, 4.69) is 30.2 Å². The highest BCUT2D eigenvalue weighted by Crippen LogP contribution is 2.22. The Hall–Kier alpha value is -2.38. The third-order valence-corrected chi connectivity index (χ3v) is 2.91. The van der Waals surface area contributed by atoms with Gasteiger partial charge in [-0.25, -0.2) is 0 Å². The first-order valence-corrected chi connectivity index (χ1v) is 6.60. The van der Waals surface area contributed by atoms with Crippen LogP contribution >= 0.6 is 0 Å². The summed E-state index contributed by atoms with van der Waals surface area (Å²) in [5.74, 6) is 1.30. The molecule has 0 aliphatic carbocycles. The molecule has 2 aromatic rings. The largest absolute Gasteiger partial charge is 0.456 e. The second-order valence-electron chi connectivity index (χ2n) is 4.44.